The Kier molecular flexibility index (Phi) is 2.63. The molecular weight excluding hydrogens is 263 g/mol. The quantitative estimate of drug-likeness (QED) is 0.876. The van der Waals surface area contributed by atoms with Crippen LogP contribution in [0.3, 0.4) is 0 Å². The summed E-state index contributed by atoms with van der Waals surface area (Å²) in [4.78, 5) is 0. The summed E-state index contributed by atoms with van der Waals surface area (Å²) >= 11 is 9.56. The lowest BCUT2D eigenvalue weighted by molar-refractivity contribution is 0.150. The van der Waals surface area contributed by atoms with Crippen molar-refractivity contribution in [2.45, 2.75) is 31.3 Å². The lowest BCUT2D eigenvalue weighted by atomic mass is 9.91. The first kappa shape index (κ1) is 10.5. The van der Waals surface area contributed by atoms with E-state index in [1.165, 1.54) is 0 Å². The predicted molar refractivity (Wildman–Crippen MR) is 61.7 cm³/mol. The van der Waals surface area contributed by atoms with Crippen molar-refractivity contribution >= 4 is 27.5 Å². The van der Waals surface area contributed by atoms with Crippen LogP contribution in [0.1, 0.15) is 25.3 Å². The van der Waals surface area contributed by atoms with E-state index in [0.717, 1.165) is 27.9 Å². The fraction of sp³-hybridized carbons (Fsp3) is 0.455. The molecule has 1 atom stereocenters. The fourth-order valence-electron chi connectivity index (χ4n) is 1.93. The summed E-state index contributed by atoms with van der Waals surface area (Å²) in [7, 11) is 0. The summed E-state index contributed by atoms with van der Waals surface area (Å²) in [5, 5.41) is 10.5. The second kappa shape index (κ2) is 3.51. The second-order valence-corrected chi connectivity index (χ2v) is 5.28. The zero-order valence-corrected chi connectivity index (χ0v) is 10.3. The molecule has 0 heterocycles. The normalized spacial score (nSPS) is 20.6. The van der Waals surface area contributed by atoms with Gasteiger partial charge in [0, 0.05) is 14.9 Å². The van der Waals surface area contributed by atoms with Gasteiger partial charge in [0.05, 0.1) is 6.10 Å². The summed E-state index contributed by atoms with van der Waals surface area (Å²) in [5.41, 5.74) is 0.990. The summed E-state index contributed by atoms with van der Waals surface area (Å²) < 4.78 is 1.02. The zero-order valence-electron chi connectivity index (χ0n) is 7.93. The molecule has 1 aromatic rings. The third-order valence-electron chi connectivity index (χ3n) is 3.05. The summed E-state index contributed by atoms with van der Waals surface area (Å²) in [6.07, 6.45) is 1.73. The highest BCUT2D eigenvalue weighted by Gasteiger charge is 2.49. The molecule has 3 heteroatoms. The van der Waals surface area contributed by atoms with Crippen molar-refractivity contribution in [1.82, 2.24) is 0 Å². The number of benzene rings is 1. The molecule has 0 radical (unpaired) electrons. The van der Waals surface area contributed by atoms with E-state index in [1.807, 2.05) is 25.1 Å². The van der Waals surface area contributed by atoms with Gasteiger partial charge in [-0.2, -0.15) is 0 Å². The first-order valence-electron chi connectivity index (χ1n) is 4.70. The summed E-state index contributed by atoms with van der Waals surface area (Å²) in [6, 6.07) is 5.81. The Morgan fingerprint density at radius 1 is 1.50 bits per heavy atom. The Labute approximate surface area is 97.2 Å². The third-order valence-corrected chi connectivity index (χ3v) is 3.88. The Balaban J connectivity index is 2.46. The van der Waals surface area contributed by atoms with Crippen LogP contribution in [0, 0.1) is 0 Å². The molecule has 1 fully saturated rings. The van der Waals surface area contributed by atoms with Crippen LogP contribution in [0.5, 0.6) is 0 Å². The summed E-state index contributed by atoms with van der Waals surface area (Å²) in [5.74, 6) is 0. The van der Waals surface area contributed by atoms with E-state index in [2.05, 4.69) is 15.9 Å². The van der Waals surface area contributed by atoms with Gasteiger partial charge in [-0.25, -0.2) is 0 Å². The third kappa shape index (κ3) is 1.60. The van der Waals surface area contributed by atoms with Gasteiger partial charge in [0.25, 0.3) is 0 Å². The molecule has 1 aliphatic carbocycles. The van der Waals surface area contributed by atoms with E-state index < -0.39 is 0 Å². The van der Waals surface area contributed by atoms with Gasteiger partial charge in [0.15, 0.2) is 0 Å². The number of halogens is 2. The van der Waals surface area contributed by atoms with Crippen molar-refractivity contribution in [3.05, 3.63) is 33.3 Å². The van der Waals surface area contributed by atoms with Crippen molar-refractivity contribution in [3.63, 3.8) is 0 Å². The Hall–Kier alpha value is -0.0500. The van der Waals surface area contributed by atoms with Crippen molar-refractivity contribution in [1.29, 1.82) is 0 Å². The molecule has 0 aliphatic heterocycles. The van der Waals surface area contributed by atoms with Crippen LogP contribution in [0.25, 0.3) is 0 Å². The predicted octanol–water partition coefficient (Wildman–Crippen LogP) is 3.51. The monoisotopic (exact) mass is 274 g/mol. The minimum Gasteiger partial charge on any atom is -0.392 e. The maximum absolute atomic E-state index is 9.74. The maximum atomic E-state index is 9.74. The van der Waals surface area contributed by atoms with E-state index in [-0.39, 0.29) is 11.5 Å². The Bertz CT molecular complexity index is 358. The van der Waals surface area contributed by atoms with Crippen molar-refractivity contribution in [2.24, 2.45) is 0 Å². The number of hydrogen-bond donors (Lipinski definition) is 1. The van der Waals surface area contributed by atoms with Gasteiger partial charge in [-0.1, -0.05) is 27.5 Å². The Morgan fingerprint density at radius 3 is 2.64 bits per heavy atom. The molecule has 0 spiro atoms. The molecule has 1 aromatic carbocycles. The largest absolute Gasteiger partial charge is 0.392 e. The molecule has 1 unspecified atom stereocenters. The molecule has 0 amide bonds. The highest BCUT2D eigenvalue weighted by molar-refractivity contribution is 9.10. The van der Waals surface area contributed by atoms with Gasteiger partial charge in [-0.15, -0.1) is 0 Å². The van der Waals surface area contributed by atoms with Crippen LogP contribution in [0.15, 0.2) is 22.7 Å². The molecule has 0 aromatic heterocycles. The van der Waals surface area contributed by atoms with Gasteiger partial charge < -0.3 is 5.11 Å². The smallest absolute Gasteiger partial charge is 0.0609 e. The van der Waals surface area contributed by atoms with E-state index in [1.54, 1.807) is 0 Å². The highest BCUT2D eigenvalue weighted by Crippen LogP contribution is 2.53. The molecule has 1 saturated carbocycles. The molecule has 1 aliphatic rings. The van der Waals surface area contributed by atoms with Crippen LogP contribution in [-0.2, 0) is 5.41 Å². The van der Waals surface area contributed by atoms with Crippen LogP contribution >= 0.6 is 27.5 Å². The van der Waals surface area contributed by atoms with Crippen LogP contribution < -0.4 is 0 Å². The number of aliphatic hydroxyl groups excluding tert-OH is 1. The maximum Gasteiger partial charge on any atom is 0.0609 e. The standard InChI is InChI=1S/C11H12BrClO/c1-7(14)11(4-5-11)9-6-8(12)2-3-10(9)13/h2-3,6-7,14H,4-5H2,1H3. The molecule has 0 bridgehead atoms. The molecule has 0 saturated heterocycles. The van der Waals surface area contributed by atoms with Gasteiger partial charge in [0.2, 0.25) is 0 Å². The topological polar surface area (TPSA) is 20.2 Å². The molecule has 1 N–H and O–H groups in total. The van der Waals surface area contributed by atoms with Crippen LogP contribution in [0.2, 0.25) is 5.02 Å². The lowest BCUT2D eigenvalue weighted by Crippen LogP contribution is -2.22. The van der Waals surface area contributed by atoms with Crippen molar-refractivity contribution in [2.75, 3.05) is 0 Å². The SMILES string of the molecule is CC(O)C1(c2cc(Br)ccc2Cl)CC1. The first-order valence-corrected chi connectivity index (χ1v) is 5.87. The van der Waals surface area contributed by atoms with E-state index in [9.17, 15) is 5.11 Å². The molecular formula is C11H12BrClO. The van der Waals surface area contributed by atoms with E-state index in [4.69, 9.17) is 11.6 Å². The van der Waals surface area contributed by atoms with Crippen molar-refractivity contribution in [3.8, 4) is 0 Å². The van der Waals surface area contributed by atoms with Gasteiger partial charge >= 0.3 is 0 Å². The fourth-order valence-corrected chi connectivity index (χ4v) is 2.59. The van der Waals surface area contributed by atoms with Gasteiger partial charge in [0.1, 0.15) is 0 Å². The minimum atomic E-state index is -0.325. The minimum absolute atomic E-state index is 0.0825. The summed E-state index contributed by atoms with van der Waals surface area (Å²) in [6.45, 7) is 1.84. The molecule has 1 nitrogen and oxygen atoms in total. The van der Waals surface area contributed by atoms with Gasteiger partial charge in [-0.05, 0) is 43.5 Å². The van der Waals surface area contributed by atoms with Crippen LogP contribution in [0.4, 0.5) is 0 Å². The lowest BCUT2D eigenvalue weighted by Gasteiger charge is -2.20. The molecule has 14 heavy (non-hydrogen) atoms. The number of hydrogen-bond acceptors (Lipinski definition) is 1. The van der Waals surface area contributed by atoms with Crippen LogP contribution in [-0.4, -0.2) is 11.2 Å². The Morgan fingerprint density at radius 2 is 2.14 bits per heavy atom. The number of aliphatic hydroxyl groups is 1. The zero-order chi connectivity index (χ0) is 10.3. The van der Waals surface area contributed by atoms with Crippen molar-refractivity contribution < 1.29 is 5.11 Å². The second-order valence-electron chi connectivity index (χ2n) is 3.96. The average molecular weight is 276 g/mol. The molecule has 76 valence electrons. The number of rotatable bonds is 2. The van der Waals surface area contributed by atoms with E-state index >= 15 is 0 Å². The van der Waals surface area contributed by atoms with Gasteiger partial charge in [-0.3, -0.25) is 0 Å². The highest BCUT2D eigenvalue weighted by atomic mass is 79.9. The molecule has 2 rings (SSSR count). The van der Waals surface area contributed by atoms with E-state index in [0.29, 0.717) is 0 Å². The first-order chi connectivity index (χ1) is 6.56. The average Bonchev–Trinajstić information content (AvgIpc) is 2.90.